The van der Waals surface area contributed by atoms with Crippen molar-refractivity contribution in [2.24, 2.45) is 0 Å². The summed E-state index contributed by atoms with van der Waals surface area (Å²) in [6.07, 6.45) is 2.44. The standard InChI is InChI=1S/C17H17FN2O3/c18-13-5-3-11(4-6-13)15(21)7-8-17(22)19-10-14-9-16(23-20-14)12-1-2-12/h3-6,9,12H,1-2,7-8,10H2,(H,19,22). The zero-order chi connectivity index (χ0) is 16.2. The Bertz CT molecular complexity index is 705. The Kier molecular flexibility index (Phi) is 4.50. The van der Waals surface area contributed by atoms with Crippen molar-refractivity contribution in [1.82, 2.24) is 10.5 Å². The molecule has 0 aliphatic heterocycles. The van der Waals surface area contributed by atoms with Crippen molar-refractivity contribution in [3.05, 3.63) is 53.2 Å². The largest absolute Gasteiger partial charge is 0.361 e. The van der Waals surface area contributed by atoms with Crippen molar-refractivity contribution in [2.45, 2.75) is 38.1 Å². The molecule has 1 aliphatic carbocycles. The first kappa shape index (κ1) is 15.4. The number of amides is 1. The quantitative estimate of drug-likeness (QED) is 0.797. The summed E-state index contributed by atoms with van der Waals surface area (Å²) in [5.41, 5.74) is 1.09. The second-order valence-corrected chi connectivity index (χ2v) is 5.70. The Morgan fingerprint density at radius 1 is 1.22 bits per heavy atom. The van der Waals surface area contributed by atoms with Crippen molar-refractivity contribution in [1.29, 1.82) is 0 Å². The molecular weight excluding hydrogens is 299 g/mol. The normalized spacial score (nSPS) is 13.8. The van der Waals surface area contributed by atoms with Gasteiger partial charge in [0.1, 0.15) is 17.3 Å². The minimum Gasteiger partial charge on any atom is -0.361 e. The molecule has 1 heterocycles. The SMILES string of the molecule is O=C(CCC(=O)c1ccc(F)cc1)NCc1cc(C2CC2)on1. The molecule has 1 fully saturated rings. The van der Waals surface area contributed by atoms with Gasteiger partial charge in [-0.25, -0.2) is 4.39 Å². The number of carbonyl (C=O) groups is 2. The molecule has 0 unspecified atom stereocenters. The van der Waals surface area contributed by atoms with Crippen LogP contribution in [0.2, 0.25) is 0 Å². The number of benzene rings is 1. The first-order valence-corrected chi connectivity index (χ1v) is 7.63. The number of ketones is 1. The highest BCUT2D eigenvalue weighted by Gasteiger charge is 2.27. The van der Waals surface area contributed by atoms with E-state index in [-0.39, 0.29) is 24.5 Å². The molecule has 1 aliphatic rings. The second-order valence-electron chi connectivity index (χ2n) is 5.70. The monoisotopic (exact) mass is 316 g/mol. The van der Waals surface area contributed by atoms with Crippen LogP contribution < -0.4 is 5.32 Å². The van der Waals surface area contributed by atoms with Gasteiger partial charge >= 0.3 is 0 Å². The zero-order valence-corrected chi connectivity index (χ0v) is 12.5. The smallest absolute Gasteiger partial charge is 0.220 e. The molecule has 1 N–H and O–H groups in total. The molecule has 2 aromatic rings. The van der Waals surface area contributed by atoms with E-state index in [1.165, 1.54) is 24.3 Å². The van der Waals surface area contributed by atoms with Gasteiger partial charge in [-0.15, -0.1) is 0 Å². The molecular formula is C17H17FN2O3. The first-order valence-electron chi connectivity index (χ1n) is 7.63. The van der Waals surface area contributed by atoms with Crippen molar-refractivity contribution in [2.75, 3.05) is 0 Å². The summed E-state index contributed by atoms with van der Waals surface area (Å²) in [6.45, 7) is 0.291. The summed E-state index contributed by atoms with van der Waals surface area (Å²) in [5.74, 6) is 0.563. The van der Waals surface area contributed by atoms with Gasteiger partial charge in [-0.2, -0.15) is 0 Å². The van der Waals surface area contributed by atoms with Crippen LogP contribution in [0.1, 0.15) is 53.4 Å². The number of halogens is 1. The highest BCUT2D eigenvalue weighted by atomic mass is 19.1. The third-order valence-corrected chi connectivity index (χ3v) is 3.77. The fourth-order valence-electron chi connectivity index (χ4n) is 2.26. The number of aromatic nitrogens is 1. The number of carbonyl (C=O) groups excluding carboxylic acids is 2. The maximum absolute atomic E-state index is 12.8. The first-order chi connectivity index (χ1) is 11.1. The topological polar surface area (TPSA) is 72.2 Å². The van der Waals surface area contributed by atoms with Crippen LogP contribution in [0.3, 0.4) is 0 Å². The van der Waals surface area contributed by atoms with Gasteiger partial charge in [0.25, 0.3) is 0 Å². The van der Waals surface area contributed by atoms with E-state index in [9.17, 15) is 14.0 Å². The van der Waals surface area contributed by atoms with Gasteiger partial charge in [0.05, 0.1) is 6.54 Å². The van der Waals surface area contributed by atoms with Crippen LogP contribution in [0, 0.1) is 5.82 Å². The minimum atomic E-state index is -0.391. The van der Waals surface area contributed by atoms with Crippen LogP contribution >= 0.6 is 0 Å². The third kappa shape index (κ3) is 4.25. The molecule has 0 radical (unpaired) electrons. The molecule has 23 heavy (non-hydrogen) atoms. The Morgan fingerprint density at radius 2 is 1.96 bits per heavy atom. The van der Waals surface area contributed by atoms with Gasteiger partial charge in [-0.3, -0.25) is 9.59 Å². The number of hydrogen-bond donors (Lipinski definition) is 1. The van der Waals surface area contributed by atoms with Crippen LogP contribution in [0.15, 0.2) is 34.9 Å². The summed E-state index contributed by atoms with van der Waals surface area (Å²) < 4.78 is 18.0. The van der Waals surface area contributed by atoms with E-state index < -0.39 is 5.82 Å². The van der Waals surface area contributed by atoms with E-state index in [0.29, 0.717) is 23.7 Å². The van der Waals surface area contributed by atoms with E-state index in [1.807, 2.05) is 6.07 Å². The molecule has 3 rings (SSSR count). The summed E-state index contributed by atoms with van der Waals surface area (Å²) in [4.78, 5) is 23.7. The number of nitrogens with zero attached hydrogens (tertiary/aromatic N) is 1. The van der Waals surface area contributed by atoms with Crippen molar-refractivity contribution >= 4 is 11.7 Å². The molecule has 0 bridgehead atoms. The predicted molar refractivity (Wildman–Crippen MR) is 80.3 cm³/mol. The fraction of sp³-hybridized carbons (Fsp3) is 0.353. The maximum atomic E-state index is 12.8. The van der Waals surface area contributed by atoms with Crippen molar-refractivity contribution < 1.29 is 18.5 Å². The van der Waals surface area contributed by atoms with Crippen LogP contribution in [-0.4, -0.2) is 16.8 Å². The molecule has 6 heteroatoms. The zero-order valence-electron chi connectivity index (χ0n) is 12.5. The minimum absolute atomic E-state index is 0.0868. The maximum Gasteiger partial charge on any atom is 0.220 e. The van der Waals surface area contributed by atoms with Gasteiger partial charge in [0.2, 0.25) is 5.91 Å². The third-order valence-electron chi connectivity index (χ3n) is 3.77. The molecule has 1 saturated carbocycles. The molecule has 1 amide bonds. The molecule has 1 aromatic heterocycles. The van der Waals surface area contributed by atoms with E-state index in [1.54, 1.807) is 0 Å². The average Bonchev–Trinajstić information content (AvgIpc) is 3.30. The van der Waals surface area contributed by atoms with Crippen molar-refractivity contribution in [3.63, 3.8) is 0 Å². The van der Waals surface area contributed by atoms with Gasteiger partial charge < -0.3 is 9.84 Å². The lowest BCUT2D eigenvalue weighted by molar-refractivity contribution is -0.121. The summed E-state index contributed by atoms with van der Waals surface area (Å²) in [6, 6.07) is 7.17. The Balaban J connectivity index is 1.41. The van der Waals surface area contributed by atoms with E-state index >= 15 is 0 Å². The lowest BCUT2D eigenvalue weighted by atomic mass is 10.1. The van der Waals surface area contributed by atoms with E-state index in [2.05, 4.69) is 10.5 Å². The lowest BCUT2D eigenvalue weighted by Gasteiger charge is -2.03. The molecule has 0 spiro atoms. The van der Waals surface area contributed by atoms with E-state index in [0.717, 1.165) is 18.6 Å². The average molecular weight is 316 g/mol. The number of hydrogen-bond acceptors (Lipinski definition) is 4. The Morgan fingerprint density at radius 3 is 2.65 bits per heavy atom. The number of rotatable bonds is 7. The molecule has 5 nitrogen and oxygen atoms in total. The lowest BCUT2D eigenvalue weighted by Crippen LogP contribution is -2.23. The van der Waals surface area contributed by atoms with Crippen LogP contribution in [-0.2, 0) is 11.3 Å². The summed E-state index contributed by atoms with van der Waals surface area (Å²) in [5, 5.41) is 6.62. The molecule has 1 aromatic carbocycles. The van der Waals surface area contributed by atoms with E-state index in [4.69, 9.17) is 4.52 Å². The second kappa shape index (κ2) is 6.73. The Labute approximate surface area is 132 Å². The van der Waals surface area contributed by atoms with Crippen LogP contribution in [0.25, 0.3) is 0 Å². The van der Waals surface area contributed by atoms with Crippen LogP contribution in [0.5, 0.6) is 0 Å². The highest BCUT2D eigenvalue weighted by molar-refractivity contribution is 5.97. The molecule has 120 valence electrons. The highest BCUT2D eigenvalue weighted by Crippen LogP contribution is 2.40. The summed E-state index contributed by atoms with van der Waals surface area (Å²) >= 11 is 0. The number of nitrogens with one attached hydrogen (secondary N) is 1. The molecule has 0 atom stereocenters. The number of Topliss-reactive ketones (excluding diaryl/α,β-unsaturated/α-hetero) is 1. The fourth-order valence-corrected chi connectivity index (χ4v) is 2.26. The van der Waals surface area contributed by atoms with Crippen molar-refractivity contribution in [3.8, 4) is 0 Å². The van der Waals surface area contributed by atoms with Crippen LogP contribution in [0.4, 0.5) is 4.39 Å². The Hall–Kier alpha value is -2.50. The molecule has 0 saturated heterocycles. The van der Waals surface area contributed by atoms with Gasteiger partial charge in [-0.05, 0) is 37.1 Å². The van der Waals surface area contributed by atoms with Gasteiger partial charge in [0.15, 0.2) is 5.78 Å². The van der Waals surface area contributed by atoms with Gasteiger partial charge in [0, 0.05) is 30.4 Å². The van der Waals surface area contributed by atoms with Gasteiger partial charge in [-0.1, -0.05) is 5.16 Å². The predicted octanol–water partition coefficient (Wildman–Crippen LogP) is 2.97. The summed E-state index contributed by atoms with van der Waals surface area (Å²) in [7, 11) is 0.